The molecule has 0 bridgehead atoms. The van der Waals surface area contributed by atoms with Crippen LogP contribution in [0.15, 0.2) is 71.7 Å². The van der Waals surface area contributed by atoms with Crippen LogP contribution in [0.3, 0.4) is 0 Å². The van der Waals surface area contributed by atoms with Crippen LogP contribution in [0.1, 0.15) is 52.2 Å². The molecule has 2 amide bonds. The van der Waals surface area contributed by atoms with Gasteiger partial charge in [0.15, 0.2) is 11.4 Å². The van der Waals surface area contributed by atoms with Crippen molar-refractivity contribution in [3.63, 3.8) is 0 Å². The van der Waals surface area contributed by atoms with E-state index in [-0.39, 0.29) is 47.7 Å². The number of rotatable bonds is 9. The van der Waals surface area contributed by atoms with E-state index in [0.29, 0.717) is 19.5 Å². The molecule has 0 aliphatic carbocycles. The van der Waals surface area contributed by atoms with Crippen molar-refractivity contribution in [2.75, 3.05) is 6.54 Å². The number of carbonyl (C=O) groups is 2. The van der Waals surface area contributed by atoms with Gasteiger partial charge in [-0.25, -0.2) is 8.78 Å². The van der Waals surface area contributed by atoms with Crippen LogP contribution in [0, 0.1) is 11.6 Å². The van der Waals surface area contributed by atoms with Gasteiger partial charge in [-0.05, 0) is 25.0 Å². The number of hydrogen-bond acceptors (Lipinski definition) is 4. The molecule has 0 fully saturated rings. The van der Waals surface area contributed by atoms with Crippen LogP contribution in [0.25, 0.3) is 0 Å². The summed E-state index contributed by atoms with van der Waals surface area (Å²) in [4.78, 5) is 41.9. The normalized spacial score (nSPS) is 13.9. The molecule has 0 saturated carbocycles. The average Bonchev–Trinajstić information content (AvgIpc) is 2.91. The fourth-order valence-corrected chi connectivity index (χ4v) is 4.45. The second kappa shape index (κ2) is 11.9. The molecule has 4 rings (SSSR count). The zero-order chi connectivity index (χ0) is 27.2. The number of aromatic nitrogens is 1. The molecule has 1 unspecified atom stereocenters. The van der Waals surface area contributed by atoms with Gasteiger partial charge in [0.2, 0.25) is 5.43 Å². The van der Waals surface area contributed by atoms with Crippen molar-refractivity contribution >= 4 is 11.8 Å². The van der Waals surface area contributed by atoms with E-state index in [0.717, 1.165) is 17.7 Å². The second-order valence-corrected chi connectivity index (χ2v) is 8.94. The van der Waals surface area contributed by atoms with Gasteiger partial charge in [-0.3, -0.25) is 14.4 Å². The highest BCUT2D eigenvalue weighted by atomic mass is 19.1. The van der Waals surface area contributed by atoms with E-state index in [1.165, 1.54) is 12.3 Å². The molecule has 2 aromatic carbocycles. The van der Waals surface area contributed by atoms with Crippen LogP contribution < -0.4 is 15.5 Å². The lowest BCUT2D eigenvalue weighted by Gasteiger charge is -2.35. The van der Waals surface area contributed by atoms with Crippen molar-refractivity contribution in [1.29, 1.82) is 0 Å². The number of fused-ring (bicyclic) bond motifs is 1. The maximum absolute atomic E-state index is 14.0. The third kappa shape index (κ3) is 5.66. The summed E-state index contributed by atoms with van der Waals surface area (Å²) >= 11 is 0. The van der Waals surface area contributed by atoms with Crippen LogP contribution >= 0.6 is 0 Å². The SMILES string of the molecule is C/C=C\C(CC)N1CCn2cc(C(=O)NCc3ccc(F)cc3F)c(=O)c(OCc3ccccc3)c2C1=O. The van der Waals surface area contributed by atoms with E-state index < -0.39 is 23.0 Å². The highest BCUT2D eigenvalue weighted by Crippen LogP contribution is 2.25. The van der Waals surface area contributed by atoms with Crippen molar-refractivity contribution in [3.8, 4) is 5.75 Å². The number of nitrogens with zero attached hydrogens (tertiary/aromatic N) is 2. The van der Waals surface area contributed by atoms with Crippen molar-refractivity contribution in [3.05, 3.63) is 111 Å². The van der Waals surface area contributed by atoms with Gasteiger partial charge in [-0.2, -0.15) is 0 Å². The average molecular weight is 522 g/mol. The van der Waals surface area contributed by atoms with Gasteiger partial charge in [-0.1, -0.05) is 55.5 Å². The Morgan fingerprint density at radius 2 is 1.89 bits per heavy atom. The molecule has 1 aromatic heterocycles. The van der Waals surface area contributed by atoms with Gasteiger partial charge in [0.25, 0.3) is 11.8 Å². The van der Waals surface area contributed by atoms with Crippen LogP contribution in [-0.4, -0.2) is 33.9 Å². The number of carbonyl (C=O) groups excluding carboxylic acids is 2. The van der Waals surface area contributed by atoms with Gasteiger partial charge < -0.3 is 19.5 Å². The number of ether oxygens (including phenoxy) is 1. The first-order valence-corrected chi connectivity index (χ1v) is 12.4. The molecule has 0 saturated heterocycles. The minimum absolute atomic E-state index is 0.0221. The Morgan fingerprint density at radius 3 is 2.58 bits per heavy atom. The summed E-state index contributed by atoms with van der Waals surface area (Å²) < 4.78 is 34.7. The Bertz CT molecular complexity index is 1420. The Kier molecular flexibility index (Phi) is 8.35. The molecule has 1 atom stereocenters. The van der Waals surface area contributed by atoms with E-state index in [1.807, 2.05) is 56.3 Å². The Hall–Kier alpha value is -4.27. The molecule has 1 aliphatic rings. The first-order valence-electron chi connectivity index (χ1n) is 12.4. The number of nitrogens with one attached hydrogen (secondary N) is 1. The molecule has 2 heterocycles. The van der Waals surface area contributed by atoms with Gasteiger partial charge in [0, 0.05) is 37.5 Å². The minimum atomic E-state index is -0.809. The quantitative estimate of drug-likeness (QED) is 0.422. The van der Waals surface area contributed by atoms with Gasteiger partial charge in [-0.15, -0.1) is 0 Å². The first-order chi connectivity index (χ1) is 18.3. The lowest BCUT2D eigenvalue weighted by atomic mass is 10.1. The maximum Gasteiger partial charge on any atom is 0.275 e. The molecule has 9 heteroatoms. The molecule has 1 N–H and O–H groups in total. The minimum Gasteiger partial charge on any atom is -0.483 e. The zero-order valence-corrected chi connectivity index (χ0v) is 21.2. The summed E-state index contributed by atoms with van der Waals surface area (Å²) in [6.45, 7) is 4.37. The highest BCUT2D eigenvalue weighted by molar-refractivity contribution is 5.99. The summed E-state index contributed by atoms with van der Waals surface area (Å²) in [7, 11) is 0. The van der Waals surface area contributed by atoms with Crippen LogP contribution in [-0.2, 0) is 19.7 Å². The summed E-state index contributed by atoms with van der Waals surface area (Å²) in [6, 6.07) is 12.0. The molecule has 1 aliphatic heterocycles. The van der Waals surface area contributed by atoms with Crippen molar-refractivity contribution in [2.45, 2.75) is 46.0 Å². The van der Waals surface area contributed by atoms with Crippen LogP contribution in [0.5, 0.6) is 5.75 Å². The lowest BCUT2D eigenvalue weighted by Crippen LogP contribution is -2.47. The lowest BCUT2D eigenvalue weighted by molar-refractivity contribution is 0.0641. The molecule has 3 aromatic rings. The summed E-state index contributed by atoms with van der Waals surface area (Å²) in [5.74, 6) is -2.86. The summed E-state index contributed by atoms with van der Waals surface area (Å²) in [6.07, 6.45) is 5.86. The standard InChI is InChI=1S/C29H29F2N3O4/c1-3-8-22(4-2)34-14-13-33-17-23(28(36)32-16-20-11-12-21(30)15-24(20)31)26(35)27(25(33)29(34)37)38-18-19-9-6-5-7-10-19/h3,5-12,15,17,22H,4,13-14,16,18H2,1-2H3,(H,32,36)/b8-3-. The second-order valence-electron chi connectivity index (χ2n) is 8.94. The Morgan fingerprint density at radius 1 is 1.13 bits per heavy atom. The molecule has 0 radical (unpaired) electrons. The van der Waals surface area contributed by atoms with Crippen LogP contribution in [0.2, 0.25) is 0 Å². The number of allylic oxidation sites excluding steroid dienone is 1. The van der Waals surface area contributed by atoms with E-state index in [9.17, 15) is 23.2 Å². The third-order valence-corrected chi connectivity index (χ3v) is 6.44. The van der Waals surface area contributed by atoms with Crippen molar-refractivity contribution < 1.29 is 23.1 Å². The van der Waals surface area contributed by atoms with Crippen molar-refractivity contribution in [2.24, 2.45) is 0 Å². The molecule has 7 nitrogen and oxygen atoms in total. The van der Waals surface area contributed by atoms with Crippen LogP contribution in [0.4, 0.5) is 8.78 Å². The smallest absolute Gasteiger partial charge is 0.275 e. The molecule has 38 heavy (non-hydrogen) atoms. The number of amides is 2. The fourth-order valence-electron chi connectivity index (χ4n) is 4.45. The predicted molar refractivity (Wildman–Crippen MR) is 139 cm³/mol. The van der Waals surface area contributed by atoms with Gasteiger partial charge >= 0.3 is 0 Å². The number of halogens is 2. The van der Waals surface area contributed by atoms with E-state index in [2.05, 4.69) is 5.32 Å². The zero-order valence-electron chi connectivity index (χ0n) is 21.2. The summed E-state index contributed by atoms with van der Waals surface area (Å²) in [5, 5.41) is 2.51. The van der Waals surface area contributed by atoms with Gasteiger partial charge in [0.05, 0.1) is 6.04 Å². The topological polar surface area (TPSA) is 80.6 Å². The number of pyridine rings is 1. The monoisotopic (exact) mass is 521 g/mol. The predicted octanol–water partition coefficient (Wildman–Crippen LogP) is 4.45. The number of benzene rings is 2. The summed E-state index contributed by atoms with van der Waals surface area (Å²) in [5.41, 5.74) is -0.0348. The highest BCUT2D eigenvalue weighted by Gasteiger charge is 2.34. The third-order valence-electron chi connectivity index (χ3n) is 6.44. The molecule has 198 valence electrons. The Balaban J connectivity index is 1.70. The van der Waals surface area contributed by atoms with E-state index in [1.54, 1.807) is 9.47 Å². The van der Waals surface area contributed by atoms with E-state index >= 15 is 0 Å². The number of hydrogen-bond donors (Lipinski definition) is 1. The molecular weight excluding hydrogens is 492 g/mol. The fraction of sp³-hybridized carbons (Fsp3) is 0.276. The largest absolute Gasteiger partial charge is 0.483 e. The van der Waals surface area contributed by atoms with Gasteiger partial charge in [0.1, 0.15) is 23.8 Å². The van der Waals surface area contributed by atoms with E-state index in [4.69, 9.17) is 4.74 Å². The molecular formula is C29H29F2N3O4. The maximum atomic E-state index is 14.0. The molecule has 0 spiro atoms. The Labute approximate surface area is 219 Å². The first kappa shape index (κ1) is 26.8. The van der Waals surface area contributed by atoms with Crippen molar-refractivity contribution in [1.82, 2.24) is 14.8 Å².